The standard InChI is InChI=1S/C26H22ClN3O5/c1-15-8-13-21(35-3)19(14-15)30-25(32)22(27)23(26(30)33)28-17-11-9-16(10-12-17)24(31)29-18-6-4-5-7-20(18)34-2/h4-14,28H,1-3H3,(H,29,31). The van der Waals surface area contributed by atoms with E-state index in [1.165, 1.54) is 14.2 Å². The molecule has 0 aromatic heterocycles. The second kappa shape index (κ2) is 9.90. The van der Waals surface area contributed by atoms with Gasteiger partial charge >= 0.3 is 0 Å². The van der Waals surface area contributed by atoms with E-state index in [9.17, 15) is 14.4 Å². The molecule has 178 valence electrons. The number of amides is 3. The summed E-state index contributed by atoms with van der Waals surface area (Å²) in [5.74, 6) is -0.686. The van der Waals surface area contributed by atoms with E-state index >= 15 is 0 Å². The molecule has 0 atom stereocenters. The molecule has 3 aromatic carbocycles. The summed E-state index contributed by atoms with van der Waals surface area (Å²) in [4.78, 5) is 39.6. The van der Waals surface area contributed by atoms with Gasteiger partial charge in [0.05, 0.1) is 25.6 Å². The van der Waals surface area contributed by atoms with Crippen molar-refractivity contribution in [3.8, 4) is 11.5 Å². The number of imide groups is 1. The van der Waals surface area contributed by atoms with Crippen LogP contribution >= 0.6 is 11.6 Å². The van der Waals surface area contributed by atoms with Crippen LogP contribution in [0.3, 0.4) is 0 Å². The third kappa shape index (κ3) is 4.69. The van der Waals surface area contributed by atoms with E-state index in [0.29, 0.717) is 34.1 Å². The molecule has 1 aliphatic rings. The Morgan fingerprint density at radius 3 is 2.26 bits per heavy atom. The zero-order valence-corrected chi connectivity index (χ0v) is 20.0. The monoisotopic (exact) mass is 491 g/mol. The molecule has 9 heteroatoms. The first-order valence-electron chi connectivity index (χ1n) is 10.6. The molecule has 2 N–H and O–H groups in total. The Balaban J connectivity index is 1.52. The highest BCUT2D eigenvalue weighted by Gasteiger charge is 2.40. The van der Waals surface area contributed by atoms with Crippen LogP contribution in [-0.4, -0.2) is 31.9 Å². The van der Waals surface area contributed by atoms with Crippen molar-refractivity contribution < 1.29 is 23.9 Å². The number of rotatable bonds is 7. The maximum Gasteiger partial charge on any atom is 0.283 e. The van der Waals surface area contributed by atoms with Gasteiger partial charge in [0.2, 0.25) is 0 Å². The van der Waals surface area contributed by atoms with Gasteiger partial charge in [-0.25, -0.2) is 4.90 Å². The van der Waals surface area contributed by atoms with E-state index in [2.05, 4.69) is 10.6 Å². The van der Waals surface area contributed by atoms with Crippen molar-refractivity contribution in [2.24, 2.45) is 0 Å². The number of ether oxygens (including phenoxy) is 2. The van der Waals surface area contributed by atoms with Crippen molar-refractivity contribution in [3.63, 3.8) is 0 Å². The smallest absolute Gasteiger partial charge is 0.283 e. The molecule has 3 aromatic rings. The number of carbonyl (C=O) groups is 3. The van der Waals surface area contributed by atoms with Crippen molar-refractivity contribution >= 4 is 46.4 Å². The number of hydrogen-bond acceptors (Lipinski definition) is 6. The molecule has 35 heavy (non-hydrogen) atoms. The van der Waals surface area contributed by atoms with Crippen molar-refractivity contribution in [2.45, 2.75) is 6.92 Å². The summed E-state index contributed by atoms with van der Waals surface area (Å²) in [6, 6.07) is 18.6. The third-order valence-electron chi connectivity index (χ3n) is 5.37. The number of nitrogens with zero attached hydrogens (tertiary/aromatic N) is 1. The lowest BCUT2D eigenvalue weighted by Gasteiger charge is -2.18. The fourth-order valence-corrected chi connectivity index (χ4v) is 3.81. The van der Waals surface area contributed by atoms with Crippen molar-refractivity contribution in [1.82, 2.24) is 0 Å². The van der Waals surface area contributed by atoms with Crippen LogP contribution < -0.4 is 25.0 Å². The van der Waals surface area contributed by atoms with E-state index in [4.69, 9.17) is 21.1 Å². The molecule has 1 aliphatic heterocycles. The van der Waals surface area contributed by atoms with Crippen LogP contribution in [0, 0.1) is 6.92 Å². The summed E-state index contributed by atoms with van der Waals surface area (Å²) in [6.07, 6.45) is 0. The first-order valence-corrected chi connectivity index (χ1v) is 11.0. The van der Waals surface area contributed by atoms with Gasteiger partial charge in [-0.05, 0) is 61.0 Å². The molecule has 0 bridgehead atoms. The highest BCUT2D eigenvalue weighted by Crippen LogP contribution is 2.36. The molecule has 3 amide bonds. The van der Waals surface area contributed by atoms with Crippen LogP contribution in [-0.2, 0) is 9.59 Å². The predicted octanol–water partition coefficient (Wildman–Crippen LogP) is 4.70. The van der Waals surface area contributed by atoms with E-state index in [1.54, 1.807) is 60.7 Å². The topological polar surface area (TPSA) is 97.0 Å². The van der Waals surface area contributed by atoms with Gasteiger partial charge in [-0.1, -0.05) is 29.8 Å². The Morgan fingerprint density at radius 1 is 0.886 bits per heavy atom. The van der Waals surface area contributed by atoms with Gasteiger partial charge < -0.3 is 20.1 Å². The number of methoxy groups -OCH3 is 2. The summed E-state index contributed by atoms with van der Waals surface area (Å²) >= 11 is 6.24. The highest BCUT2D eigenvalue weighted by molar-refractivity contribution is 6.53. The average molecular weight is 492 g/mol. The maximum absolute atomic E-state index is 13.1. The SMILES string of the molecule is COc1ccccc1NC(=O)c1ccc(NC2=C(Cl)C(=O)N(c3cc(C)ccc3OC)C2=O)cc1. The van der Waals surface area contributed by atoms with Gasteiger partial charge in [0.25, 0.3) is 17.7 Å². The molecule has 0 fully saturated rings. The van der Waals surface area contributed by atoms with Crippen LogP contribution in [0.5, 0.6) is 11.5 Å². The normalized spacial score (nSPS) is 13.2. The van der Waals surface area contributed by atoms with Crippen LogP contribution in [0.2, 0.25) is 0 Å². The summed E-state index contributed by atoms with van der Waals surface area (Å²) in [5, 5.41) is 5.46. The minimum Gasteiger partial charge on any atom is -0.495 e. The zero-order chi connectivity index (χ0) is 25.1. The molecular weight excluding hydrogens is 470 g/mol. The van der Waals surface area contributed by atoms with Gasteiger partial charge in [-0.15, -0.1) is 0 Å². The Morgan fingerprint density at radius 2 is 1.57 bits per heavy atom. The number of para-hydroxylation sites is 2. The van der Waals surface area contributed by atoms with Crippen molar-refractivity contribution in [2.75, 3.05) is 29.8 Å². The highest BCUT2D eigenvalue weighted by atomic mass is 35.5. The van der Waals surface area contributed by atoms with E-state index in [-0.39, 0.29) is 16.6 Å². The van der Waals surface area contributed by atoms with Gasteiger partial charge in [0.1, 0.15) is 22.2 Å². The number of hydrogen-bond donors (Lipinski definition) is 2. The molecule has 4 rings (SSSR count). The second-order valence-electron chi connectivity index (χ2n) is 7.67. The minimum absolute atomic E-state index is 0.0635. The number of carbonyl (C=O) groups excluding carboxylic acids is 3. The van der Waals surface area contributed by atoms with E-state index in [0.717, 1.165) is 10.5 Å². The van der Waals surface area contributed by atoms with Gasteiger partial charge in [0.15, 0.2) is 0 Å². The summed E-state index contributed by atoms with van der Waals surface area (Å²) < 4.78 is 10.6. The summed E-state index contributed by atoms with van der Waals surface area (Å²) in [7, 11) is 2.98. The molecule has 0 spiro atoms. The van der Waals surface area contributed by atoms with E-state index in [1.807, 2.05) is 13.0 Å². The summed E-state index contributed by atoms with van der Waals surface area (Å²) in [6.45, 7) is 1.84. The molecule has 0 saturated carbocycles. The van der Waals surface area contributed by atoms with E-state index < -0.39 is 11.8 Å². The van der Waals surface area contributed by atoms with Crippen LogP contribution in [0.4, 0.5) is 17.1 Å². The van der Waals surface area contributed by atoms with Crippen molar-refractivity contribution in [1.29, 1.82) is 0 Å². The lowest BCUT2D eigenvalue weighted by atomic mass is 10.1. The van der Waals surface area contributed by atoms with Gasteiger partial charge in [-0.2, -0.15) is 0 Å². The number of halogens is 1. The Hall–Kier alpha value is -4.30. The van der Waals surface area contributed by atoms with Crippen LogP contribution in [0.25, 0.3) is 0 Å². The number of nitrogens with one attached hydrogen (secondary N) is 2. The Kier molecular flexibility index (Phi) is 6.75. The van der Waals surface area contributed by atoms with Crippen LogP contribution in [0.1, 0.15) is 15.9 Å². The third-order valence-corrected chi connectivity index (χ3v) is 5.72. The Bertz CT molecular complexity index is 1350. The first-order chi connectivity index (χ1) is 16.8. The summed E-state index contributed by atoms with van der Waals surface area (Å²) in [5.41, 5.74) is 2.50. The lowest BCUT2D eigenvalue weighted by Crippen LogP contribution is -2.32. The molecule has 0 aliphatic carbocycles. The number of aryl methyl sites for hydroxylation is 1. The fourth-order valence-electron chi connectivity index (χ4n) is 3.60. The molecule has 8 nitrogen and oxygen atoms in total. The zero-order valence-electron chi connectivity index (χ0n) is 19.2. The molecule has 0 unspecified atom stereocenters. The van der Waals surface area contributed by atoms with Gasteiger partial charge in [0, 0.05) is 11.3 Å². The van der Waals surface area contributed by atoms with Gasteiger partial charge in [-0.3, -0.25) is 14.4 Å². The van der Waals surface area contributed by atoms with Crippen LogP contribution in [0.15, 0.2) is 77.5 Å². The van der Waals surface area contributed by atoms with Crippen molar-refractivity contribution in [3.05, 3.63) is 88.6 Å². The maximum atomic E-state index is 13.1. The quantitative estimate of drug-likeness (QED) is 0.465. The molecule has 0 radical (unpaired) electrons. The second-order valence-corrected chi connectivity index (χ2v) is 8.04. The predicted molar refractivity (Wildman–Crippen MR) is 134 cm³/mol. The molecule has 0 saturated heterocycles. The average Bonchev–Trinajstić information content (AvgIpc) is 3.07. The number of anilines is 3. The molecular formula is C26H22ClN3O5. The minimum atomic E-state index is -0.657. The number of benzene rings is 3. The fraction of sp³-hybridized carbons (Fsp3) is 0.115. The lowest BCUT2D eigenvalue weighted by molar-refractivity contribution is -0.120. The molecule has 1 heterocycles. The first kappa shape index (κ1) is 23.8. The Labute approximate surface area is 207 Å². The largest absolute Gasteiger partial charge is 0.495 e.